The molecule has 146 valence electrons. The van der Waals surface area contributed by atoms with Crippen molar-refractivity contribution in [1.82, 2.24) is 19.8 Å². The summed E-state index contributed by atoms with van der Waals surface area (Å²) in [5.41, 5.74) is 3.29. The fourth-order valence-electron chi connectivity index (χ4n) is 3.79. The first-order valence-electron chi connectivity index (χ1n) is 9.78. The number of rotatable bonds is 5. The number of hydrogen-bond acceptors (Lipinski definition) is 3. The molecule has 2 amide bonds. The monoisotopic (exact) mass is 378 g/mol. The highest BCUT2D eigenvalue weighted by atomic mass is 16.5. The van der Waals surface area contributed by atoms with Crippen LogP contribution in [0.2, 0.25) is 0 Å². The van der Waals surface area contributed by atoms with Crippen molar-refractivity contribution >= 4 is 17.1 Å². The molecule has 1 N–H and O–H groups in total. The lowest BCUT2D eigenvalue weighted by Gasteiger charge is -2.32. The van der Waals surface area contributed by atoms with E-state index in [4.69, 9.17) is 4.74 Å². The summed E-state index contributed by atoms with van der Waals surface area (Å²) in [5, 5.41) is 3.02. The molecule has 1 aromatic heterocycles. The van der Waals surface area contributed by atoms with E-state index in [1.54, 1.807) is 7.11 Å². The lowest BCUT2D eigenvalue weighted by Crippen LogP contribution is -2.44. The zero-order valence-corrected chi connectivity index (χ0v) is 16.2. The number of nitrogens with one attached hydrogen (secondary N) is 1. The number of hydrogen-bond donors (Lipinski definition) is 1. The van der Waals surface area contributed by atoms with Crippen LogP contribution in [-0.2, 0) is 13.1 Å². The molecule has 1 aliphatic heterocycles. The van der Waals surface area contributed by atoms with Gasteiger partial charge in [-0.1, -0.05) is 24.3 Å². The van der Waals surface area contributed by atoms with Crippen molar-refractivity contribution in [2.45, 2.75) is 25.9 Å². The molecular weight excluding hydrogens is 352 g/mol. The van der Waals surface area contributed by atoms with Gasteiger partial charge in [0.05, 0.1) is 24.5 Å². The number of carbonyl (C=O) groups is 1. The Morgan fingerprint density at radius 2 is 1.89 bits per heavy atom. The third-order valence-electron chi connectivity index (χ3n) is 5.49. The van der Waals surface area contributed by atoms with Crippen molar-refractivity contribution in [3.63, 3.8) is 0 Å². The van der Waals surface area contributed by atoms with E-state index in [0.29, 0.717) is 12.5 Å². The van der Waals surface area contributed by atoms with Gasteiger partial charge in [-0.05, 0) is 48.6 Å². The van der Waals surface area contributed by atoms with E-state index >= 15 is 0 Å². The predicted molar refractivity (Wildman–Crippen MR) is 109 cm³/mol. The Kier molecular flexibility index (Phi) is 5.46. The molecule has 6 heteroatoms. The van der Waals surface area contributed by atoms with Crippen LogP contribution in [0.25, 0.3) is 11.0 Å². The highest BCUT2D eigenvalue weighted by Crippen LogP contribution is 2.22. The van der Waals surface area contributed by atoms with Crippen LogP contribution in [0, 0.1) is 5.92 Å². The summed E-state index contributed by atoms with van der Waals surface area (Å²) in [7, 11) is 1.65. The van der Waals surface area contributed by atoms with E-state index in [-0.39, 0.29) is 6.03 Å². The number of imidazole rings is 1. The molecule has 4 rings (SSSR count). The minimum atomic E-state index is 0.0161. The molecule has 6 nitrogen and oxygen atoms in total. The molecular formula is C22H26N4O2. The van der Waals surface area contributed by atoms with E-state index in [0.717, 1.165) is 49.3 Å². The Bertz CT molecular complexity index is 927. The molecule has 0 saturated carbocycles. The van der Waals surface area contributed by atoms with Crippen LogP contribution in [0.5, 0.6) is 5.75 Å². The van der Waals surface area contributed by atoms with E-state index in [2.05, 4.69) is 27.0 Å². The summed E-state index contributed by atoms with van der Waals surface area (Å²) in [5.74, 6) is 1.39. The Labute approximate surface area is 165 Å². The van der Waals surface area contributed by atoms with Gasteiger partial charge in [0.15, 0.2) is 0 Å². The molecule has 0 bridgehead atoms. The predicted octanol–water partition coefficient (Wildman–Crippen LogP) is 3.67. The van der Waals surface area contributed by atoms with Crippen LogP contribution in [0.1, 0.15) is 18.4 Å². The van der Waals surface area contributed by atoms with Gasteiger partial charge in [-0.3, -0.25) is 0 Å². The second kappa shape index (κ2) is 8.33. The van der Waals surface area contributed by atoms with E-state index in [1.165, 1.54) is 5.52 Å². The minimum Gasteiger partial charge on any atom is -0.497 e. The SMILES string of the molecule is COc1ccc(CNC(=O)N2CCC(Cn3cnc4ccccc43)CC2)cc1. The first-order chi connectivity index (χ1) is 13.7. The van der Waals surface area contributed by atoms with Crippen LogP contribution < -0.4 is 10.1 Å². The first-order valence-corrected chi connectivity index (χ1v) is 9.78. The number of amides is 2. The van der Waals surface area contributed by atoms with Crippen molar-refractivity contribution < 1.29 is 9.53 Å². The zero-order chi connectivity index (χ0) is 19.3. The molecule has 2 heterocycles. The molecule has 1 fully saturated rings. The quantitative estimate of drug-likeness (QED) is 0.737. The molecule has 28 heavy (non-hydrogen) atoms. The number of likely N-dealkylation sites (tertiary alicyclic amines) is 1. The third kappa shape index (κ3) is 4.11. The van der Waals surface area contributed by atoms with Gasteiger partial charge >= 0.3 is 6.03 Å². The molecule has 2 aromatic carbocycles. The number of piperidine rings is 1. The fraction of sp³-hybridized carbons (Fsp3) is 0.364. The van der Waals surface area contributed by atoms with Crippen molar-refractivity contribution in [2.75, 3.05) is 20.2 Å². The standard InChI is InChI=1S/C22H26N4O2/c1-28-19-8-6-17(7-9-19)14-23-22(27)25-12-10-18(11-13-25)15-26-16-24-20-4-2-3-5-21(20)26/h2-9,16,18H,10-15H2,1H3,(H,23,27). The molecule has 1 aliphatic rings. The Hall–Kier alpha value is -3.02. The third-order valence-corrected chi connectivity index (χ3v) is 5.49. The Morgan fingerprint density at radius 3 is 2.64 bits per heavy atom. The number of nitrogens with zero attached hydrogens (tertiary/aromatic N) is 3. The second-order valence-electron chi connectivity index (χ2n) is 7.32. The summed E-state index contributed by atoms with van der Waals surface area (Å²) in [4.78, 5) is 18.9. The number of fused-ring (bicyclic) bond motifs is 1. The van der Waals surface area contributed by atoms with Gasteiger partial charge in [0, 0.05) is 26.2 Å². The maximum absolute atomic E-state index is 12.5. The van der Waals surface area contributed by atoms with E-state index < -0.39 is 0 Å². The summed E-state index contributed by atoms with van der Waals surface area (Å²) < 4.78 is 7.40. The molecule has 0 aliphatic carbocycles. The molecule has 0 unspecified atom stereocenters. The number of urea groups is 1. The highest BCUT2D eigenvalue weighted by molar-refractivity contribution is 5.75. The normalized spacial score (nSPS) is 15.0. The lowest BCUT2D eigenvalue weighted by molar-refractivity contribution is 0.165. The minimum absolute atomic E-state index is 0.0161. The van der Waals surface area contributed by atoms with E-state index in [1.807, 2.05) is 47.6 Å². The Balaban J connectivity index is 1.25. The molecule has 0 atom stereocenters. The van der Waals surface area contributed by atoms with Crippen LogP contribution >= 0.6 is 0 Å². The van der Waals surface area contributed by atoms with Gasteiger partial charge in [-0.15, -0.1) is 0 Å². The number of ether oxygens (including phenoxy) is 1. The van der Waals surface area contributed by atoms with Crippen molar-refractivity contribution in [3.05, 3.63) is 60.4 Å². The van der Waals surface area contributed by atoms with Crippen molar-refractivity contribution in [2.24, 2.45) is 5.92 Å². The maximum Gasteiger partial charge on any atom is 0.317 e. The number of aromatic nitrogens is 2. The van der Waals surface area contributed by atoms with Gasteiger partial charge in [-0.2, -0.15) is 0 Å². The summed E-state index contributed by atoms with van der Waals surface area (Å²) in [6, 6.07) is 16.0. The second-order valence-corrected chi connectivity index (χ2v) is 7.32. The van der Waals surface area contributed by atoms with Crippen LogP contribution in [-0.4, -0.2) is 40.7 Å². The number of methoxy groups -OCH3 is 1. The zero-order valence-electron chi connectivity index (χ0n) is 16.2. The van der Waals surface area contributed by atoms with Crippen LogP contribution in [0.3, 0.4) is 0 Å². The van der Waals surface area contributed by atoms with Gasteiger partial charge in [-0.25, -0.2) is 9.78 Å². The molecule has 0 spiro atoms. The topological polar surface area (TPSA) is 59.4 Å². The Morgan fingerprint density at radius 1 is 1.14 bits per heavy atom. The average Bonchev–Trinajstić information content (AvgIpc) is 3.16. The average molecular weight is 378 g/mol. The van der Waals surface area contributed by atoms with Gasteiger partial charge in [0.1, 0.15) is 5.75 Å². The largest absolute Gasteiger partial charge is 0.497 e. The number of para-hydroxylation sites is 2. The summed E-state index contributed by atoms with van der Waals surface area (Å²) in [6.45, 7) is 3.09. The van der Waals surface area contributed by atoms with Crippen molar-refractivity contribution in [3.8, 4) is 5.75 Å². The van der Waals surface area contributed by atoms with Crippen LogP contribution in [0.4, 0.5) is 4.79 Å². The molecule has 3 aromatic rings. The molecule has 0 radical (unpaired) electrons. The van der Waals surface area contributed by atoms with Gasteiger partial charge in [0.2, 0.25) is 0 Å². The lowest BCUT2D eigenvalue weighted by atomic mass is 9.97. The smallest absolute Gasteiger partial charge is 0.317 e. The highest BCUT2D eigenvalue weighted by Gasteiger charge is 2.23. The first kappa shape index (κ1) is 18.3. The van der Waals surface area contributed by atoms with Crippen molar-refractivity contribution in [1.29, 1.82) is 0 Å². The molecule has 1 saturated heterocycles. The summed E-state index contributed by atoms with van der Waals surface area (Å²) >= 11 is 0. The number of carbonyl (C=O) groups excluding carboxylic acids is 1. The number of benzene rings is 2. The maximum atomic E-state index is 12.5. The summed E-state index contributed by atoms with van der Waals surface area (Å²) in [6.07, 6.45) is 3.96. The van der Waals surface area contributed by atoms with Crippen LogP contribution in [0.15, 0.2) is 54.9 Å². The fourth-order valence-corrected chi connectivity index (χ4v) is 3.79. The van der Waals surface area contributed by atoms with E-state index in [9.17, 15) is 4.79 Å². The van der Waals surface area contributed by atoms with Gasteiger partial charge in [0.25, 0.3) is 0 Å². The van der Waals surface area contributed by atoms with Gasteiger partial charge < -0.3 is 19.5 Å².